The SMILES string of the molecule is COCCn1c(SCc2nc3cc(Cl)ccc3c(=O)[nH]2)nc2sc(C)c(C)c2c1=O. The highest BCUT2D eigenvalue weighted by molar-refractivity contribution is 7.98. The summed E-state index contributed by atoms with van der Waals surface area (Å²) >= 11 is 8.90. The minimum atomic E-state index is -0.225. The lowest BCUT2D eigenvalue weighted by Crippen LogP contribution is -2.25. The predicted octanol–water partition coefficient (Wildman–Crippen LogP) is 3.90. The molecule has 3 aromatic heterocycles. The summed E-state index contributed by atoms with van der Waals surface area (Å²) in [4.78, 5) is 39.3. The number of nitrogens with one attached hydrogen (secondary N) is 1. The highest BCUT2D eigenvalue weighted by Gasteiger charge is 2.17. The summed E-state index contributed by atoms with van der Waals surface area (Å²) in [5.41, 5.74) is 1.20. The molecule has 4 rings (SSSR count). The van der Waals surface area contributed by atoms with E-state index in [1.165, 1.54) is 23.1 Å². The number of halogens is 1. The number of benzene rings is 1. The Morgan fingerprint density at radius 3 is 2.83 bits per heavy atom. The number of thioether (sulfide) groups is 1. The molecule has 0 saturated carbocycles. The highest BCUT2D eigenvalue weighted by atomic mass is 35.5. The van der Waals surface area contributed by atoms with Gasteiger partial charge in [-0.1, -0.05) is 23.4 Å². The van der Waals surface area contributed by atoms with E-state index in [1.54, 1.807) is 29.9 Å². The van der Waals surface area contributed by atoms with Gasteiger partial charge in [0.15, 0.2) is 5.16 Å². The van der Waals surface area contributed by atoms with Crippen molar-refractivity contribution in [3.63, 3.8) is 0 Å². The monoisotopic (exact) mass is 462 g/mol. The maximum absolute atomic E-state index is 13.1. The first kappa shape index (κ1) is 21.0. The van der Waals surface area contributed by atoms with Crippen molar-refractivity contribution in [3.05, 3.63) is 60.2 Å². The summed E-state index contributed by atoms with van der Waals surface area (Å²) in [6.45, 7) is 4.72. The maximum atomic E-state index is 13.1. The Labute approximate surface area is 185 Å². The van der Waals surface area contributed by atoms with Crippen molar-refractivity contribution in [1.29, 1.82) is 0 Å². The zero-order valence-corrected chi connectivity index (χ0v) is 19.0. The fraction of sp³-hybridized carbons (Fsp3) is 0.300. The first-order chi connectivity index (χ1) is 14.4. The number of hydrogen-bond acceptors (Lipinski definition) is 7. The molecule has 7 nitrogen and oxygen atoms in total. The van der Waals surface area contributed by atoms with E-state index in [1.807, 2.05) is 13.8 Å². The van der Waals surface area contributed by atoms with Gasteiger partial charge >= 0.3 is 0 Å². The second kappa shape index (κ2) is 8.50. The molecule has 156 valence electrons. The number of thiophene rings is 1. The second-order valence-electron chi connectivity index (χ2n) is 6.77. The number of fused-ring (bicyclic) bond motifs is 2. The molecule has 4 aromatic rings. The molecule has 0 bridgehead atoms. The molecule has 0 radical (unpaired) electrons. The van der Waals surface area contributed by atoms with Crippen molar-refractivity contribution in [3.8, 4) is 0 Å². The average molecular weight is 463 g/mol. The van der Waals surface area contributed by atoms with Crippen molar-refractivity contribution >= 4 is 55.8 Å². The van der Waals surface area contributed by atoms with Gasteiger partial charge in [-0.15, -0.1) is 11.3 Å². The molecule has 0 spiro atoms. The molecular formula is C20H19ClN4O3S2. The van der Waals surface area contributed by atoms with Crippen LogP contribution >= 0.6 is 34.7 Å². The van der Waals surface area contributed by atoms with E-state index in [2.05, 4.69) is 9.97 Å². The number of aryl methyl sites for hydroxylation is 2. The van der Waals surface area contributed by atoms with Crippen LogP contribution in [0.1, 0.15) is 16.3 Å². The number of aromatic nitrogens is 4. The Bertz CT molecular complexity index is 1380. The molecule has 1 aromatic carbocycles. The zero-order valence-electron chi connectivity index (χ0n) is 16.6. The molecule has 3 heterocycles. The number of H-pyrrole nitrogens is 1. The third-order valence-electron chi connectivity index (χ3n) is 4.83. The summed E-state index contributed by atoms with van der Waals surface area (Å²) in [7, 11) is 1.60. The minimum absolute atomic E-state index is 0.0758. The lowest BCUT2D eigenvalue weighted by Gasteiger charge is -2.11. The van der Waals surface area contributed by atoms with E-state index in [9.17, 15) is 9.59 Å². The third-order valence-corrected chi connectivity index (χ3v) is 7.15. The zero-order chi connectivity index (χ0) is 21.4. The van der Waals surface area contributed by atoms with Gasteiger partial charge in [0.1, 0.15) is 10.7 Å². The van der Waals surface area contributed by atoms with Gasteiger partial charge < -0.3 is 9.72 Å². The molecule has 1 N–H and O–H groups in total. The van der Waals surface area contributed by atoms with Gasteiger partial charge in [-0.25, -0.2) is 9.97 Å². The Hall–Kier alpha value is -2.20. The fourth-order valence-corrected chi connectivity index (χ4v) is 5.29. The number of hydrogen-bond donors (Lipinski definition) is 1. The van der Waals surface area contributed by atoms with Gasteiger partial charge in [0.05, 0.1) is 35.2 Å². The lowest BCUT2D eigenvalue weighted by atomic mass is 10.2. The van der Waals surface area contributed by atoms with Gasteiger partial charge in [-0.05, 0) is 37.6 Å². The van der Waals surface area contributed by atoms with Crippen LogP contribution in [-0.2, 0) is 17.0 Å². The van der Waals surface area contributed by atoms with Crippen LogP contribution < -0.4 is 11.1 Å². The van der Waals surface area contributed by atoms with E-state index in [4.69, 9.17) is 21.3 Å². The van der Waals surface area contributed by atoms with Crippen LogP contribution in [0.15, 0.2) is 32.9 Å². The van der Waals surface area contributed by atoms with Crippen LogP contribution in [0.3, 0.4) is 0 Å². The minimum Gasteiger partial charge on any atom is -0.383 e. The predicted molar refractivity (Wildman–Crippen MR) is 122 cm³/mol. The number of nitrogens with zero attached hydrogens (tertiary/aromatic N) is 3. The molecule has 0 fully saturated rings. The summed E-state index contributed by atoms with van der Waals surface area (Å²) in [5, 5.41) is 2.22. The van der Waals surface area contributed by atoms with Crippen molar-refractivity contribution in [2.24, 2.45) is 0 Å². The summed E-state index contributed by atoms with van der Waals surface area (Å²) in [6, 6.07) is 4.98. The van der Waals surface area contributed by atoms with Gasteiger partial charge in [-0.3, -0.25) is 14.2 Å². The Kier molecular flexibility index (Phi) is 5.97. The topological polar surface area (TPSA) is 89.9 Å². The van der Waals surface area contributed by atoms with Crippen LogP contribution in [0.4, 0.5) is 0 Å². The first-order valence-corrected chi connectivity index (χ1v) is 11.4. The van der Waals surface area contributed by atoms with Crippen molar-refractivity contribution < 1.29 is 4.74 Å². The van der Waals surface area contributed by atoms with Crippen molar-refractivity contribution in [2.75, 3.05) is 13.7 Å². The number of methoxy groups -OCH3 is 1. The normalized spacial score (nSPS) is 11.6. The Balaban J connectivity index is 1.73. The molecule has 0 saturated heterocycles. The largest absolute Gasteiger partial charge is 0.383 e. The fourth-order valence-electron chi connectivity index (χ4n) is 3.16. The molecule has 30 heavy (non-hydrogen) atoms. The van der Waals surface area contributed by atoms with E-state index in [0.717, 1.165) is 15.3 Å². The molecular weight excluding hydrogens is 444 g/mol. The van der Waals surface area contributed by atoms with Crippen molar-refractivity contribution in [1.82, 2.24) is 19.5 Å². The van der Waals surface area contributed by atoms with Crippen LogP contribution in [0.25, 0.3) is 21.1 Å². The molecule has 0 atom stereocenters. The lowest BCUT2D eigenvalue weighted by molar-refractivity contribution is 0.183. The molecule has 0 aliphatic carbocycles. The smallest absolute Gasteiger partial charge is 0.263 e. The van der Waals surface area contributed by atoms with Gasteiger partial charge in [0.25, 0.3) is 11.1 Å². The summed E-state index contributed by atoms with van der Waals surface area (Å²) < 4.78 is 6.81. The molecule has 0 aliphatic heterocycles. The van der Waals surface area contributed by atoms with E-state index in [-0.39, 0.29) is 11.1 Å². The van der Waals surface area contributed by atoms with Crippen LogP contribution in [-0.4, -0.2) is 33.2 Å². The summed E-state index contributed by atoms with van der Waals surface area (Å²) in [6.07, 6.45) is 0. The van der Waals surface area contributed by atoms with Gasteiger partial charge in [-0.2, -0.15) is 0 Å². The standard InChI is InChI=1S/C20H19ClN4O3S2/c1-10-11(2)30-18-16(10)19(27)25(6-7-28-3)20(24-18)29-9-15-22-14-8-12(21)4-5-13(14)17(26)23-15/h4-5,8H,6-7,9H2,1-3H3,(H,22,23,26). The molecule has 0 amide bonds. The number of rotatable bonds is 6. The Morgan fingerprint density at radius 2 is 2.07 bits per heavy atom. The van der Waals surface area contributed by atoms with Gasteiger partial charge in [0.2, 0.25) is 0 Å². The molecule has 0 aliphatic rings. The van der Waals surface area contributed by atoms with Crippen LogP contribution in [0.5, 0.6) is 0 Å². The van der Waals surface area contributed by atoms with E-state index >= 15 is 0 Å². The molecule has 10 heteroatoms. The van der Waals surface area contributed by atoms with E-state index in [0.29, 0.717) is 51.2 Å². The quantitative estimate of drug-likeness (QED) is 0.345. The van der Waals surface area contributed by atoms with Crippen LogP contribution in [0, 0.1) is 13.8 Å². The number of ether oxygens (including phenoxy) is 1. The molecule has 0 unspecified atom stereocenters. The average Bonchev–Trinajstić information content (AvgIpc) is 2.99. The highest BCUT2D eigenvalue weighted by Crippen LogP contribution is 2.29. The summed E-state index contributed by atoms with van der Waals surface area (Å²) in [5.74, 6) is 0.845. The first-order valence-electron chi connectivity index (χ1n) is 9.19. The van der Waals surface area contributed by atoms with Crippen LogP contribution in [0.2, 0.25) is 5.02 Å². The maximum Gasteiger partial charge on any atom is 0.263 e. The van der Waals surface area contributed by atoms with E-state index < -0.39 is 0 Å². The second-order valence-corrected chi connectivity index (χ2v) is 9.35. The third kappa shape index (κ3) is 3.90. The van der Waals surface area contributed by atoms with Crippen molar-refractivity contribution in [2.45, 2.75) is 31.3 Å². The van der Waals surface area contributed by atoms with Gasteiger partial charge in [0, 0.05) is 17.0 Å². The number of aromatic amines is 1. The Morgan fingerprint density at radius 1 is 1.27 bits per heavy atom.